The fourth-order valence-corrected chi connectivity index (χ4v) is 11.3. The molecule has 8 bridgehead atoms. The van der Waals surface area contributed by atoms with Gasteiger partial charge in [0, 0.05) is 118 Å². The van der Waals surface area contributed by atoms with Crippen LogP contribution in [0.15, 0.2) is 122 Å². The maximum atomic E-state index is 7.17. The molecule has 1 aliphatic carbocycles. The Labute approximate surface area is 417 Å². The zero-order valence-electron chi connectivity index (χ0n) is 40.6. The number of rotatable bonds is 12. The van der Waals surface area contributed by atoms with Gasteiger partial charge in [0.1, 0.15) is 52.9 Å². The van der Waals surface area contributed by atoms with Gasteiger partial charge in [0.05, 0.1) is 0 Å². The summed E-state index contributed by atoms with van der Waals surface area (Å²) in [7, 11) is 0. The van der Waals surface area contributed by atoms with Crippen molar-refractivity contribution in [1.82, 2.24) is 19.9 Å². The highest BCUT2D eigenvalue weighted by atomic mass is 16.5. The normalized spacial score (nSPS) is 18.2. The first-order valence-corrected chi connectivity index (χ1v) is 24.7. The molecule has 0 spiro atoms. The number of hydrogen-bond donors (Lipinski definition) is 0. The van der Waals surface area contributed by atoms with Crippen LogP contribution in [0.5, 0.6) is 46.0 Å². The molecule has 0 radical (unpaired) electrons. The van der Waals surface area contributed by atoms with Gasteiger partial charge in [-0.25, -0.2) is 0 Å². The van der Waals surface area contributed by atoms with Crippen LogP contribution in [0.3, 0.4) is 0 Å². The Kier molecular flexibility index (Phi) is 10.9. The van der Waals surface area contributed by atoms with E-state index in [1.54, 1.807) is 49.6 Å². The topological polar surface area (TPSA) is 125 Å². The molecule has 4 aromatic heterocycles. The third kappa shape index (κ3) is 7.41. The lowest BCUT2D eigenvalue weighted by Gasteiger charge is -2.26. The van der Waals surface area contributed by atoms with Crippen molar-refractivity contribution in [3.63, 3.8) is 0 Å². The van der Waals surface area contributed by atoms with Crippen molar-refractivity contribution in [3.05, 3.63) is 211 Å². The molecule has 12 nitrogen and oxygen atoms in total. The fourth-order valence-electron chi connectivity index (χ4n) is 11.3. The average molecular weight is 957 g/mol. The van der Waals surface area contributed by atoms with Gasteiger partial charge in [-0.3, -0.25) is 19.9 Å². The van der Waals surface area contributed by atoms with Crippen LogP contribution < -0.4 is 37.9 Å². The molecule has 13 rings (SSSR count). The second kappa shape index (κ2) is 17.9. The smallest absolute Gasteiger partial charge is 0.168 e. The van der Waals surface area contributed by atoms with Crippen molar-refractivity contribution >= 4 is 0 Å². The van der Waals surface area contributed by atoms with Crippen molar-refractivity contribution in [3.8, 4) is 46.0 Å². The quantitative estimate of drug-likeness (QED) is 0.116. The lowest BCUT2D eigenvalue weighted by atomic mass is 9.78. The van der Waals surface area contributed by atoms with Crippen LogP contribution in [0.4, 0.5) is 0 Å². The predicted molar refractivity (Wildman–Crippen MR) is 267 cm³/mol. The molecule has 72 heavy (non-hydrogen) atoms. The second-order valence-electron chi connectivity index (χ2n) is 19.4. The molecule has 8 aromatic rings. The lowest BCUT2D eigenvalue weighted by Crippen LogP contribution is -2.11. The standard InChI is InChI=1S/C60H52N4O8/c1-33-41-21-46-35(3)43-23-48-36(4)44-24-47-34(2)42-22-45(33)53-58(66-26-38-7-15-62-16-8-38)50(42)30-71-55(47)60(68-28-40-11-19-64-20-12-40)52(44)32-72-56(48)59(67-27-39-9-17-63-18-10-39)51(43)31-70-54(46)57(49(41)29-69-53)65-25-37-5-13-61-14-6-37/h5-24,33-36H,25-32H2,1-4H3. The number of nitrogens with zero attached hydrogens (tertiary/aromatic N) is 4. The first-order chi connectivity index (χ1) is 35.4. The Morgan fingerprint density at radius 1 is 0.333 bits per heavy atom. The molecule has 0 saturated heterocycles. The van der Waals surface area contributed by atoms with Crippen molar-refractivity contribution in [2.45, 2.75) is 104 Å². The van der Waals surface area contributed by atoms with Gasteiger partial charge < -0.3 is 37.9 Å². The molecule has 360 valence electrons. The van der Waals surface area contributed by atoms with Gasteiger partial charge in [-0.15, -0.1) is 0 Å². The highest BCUT2D eigenvalue weighted by Gasteiger charge is 2.41. The third-order valence-corrected chi connectivity index (χ3v) is 15.3. The van der Waals surface area contributed by atoms with E-state index in [1.165, 1.54) is 0 Å². The largest absolute Gasteiger partial charge is 0.485 e. The molecule has 0 saturated carbocycles. The fraction of sp³-hybridized carbons (Fsp3) is 0.267. The summed E-state index contributed by atoms with van der Waals surface area (Å²) in [5, 5.41) is 0. The molecule has 4 unspecified atom stereocenters. The lowest BCUT2D eigenvalue weighted by molar-refractivity contribution is 0.219. The minimum atomic E-state index is -0.164. The number of hydrogen-bond acceptors (Lipinski definition) is 12. The maximum Gasteiger partial charge on any atom is 0.168 e. The van der Waals surface area contributed by atoms with E-state index in [9.17, 15) is 0 Å². The van der Waals surface area contributed by atoms with Crippen molar-refractivity contribution in [2.24, 2.45) is 0 Å². The maximum absolute atomic E-state index is 7.17. The molecule has 12 heteroatoms. The van der Waals surface area contributed by atoms with Gasteiger partial charge in [-0.05, 0) is 93.0 Å². The van der Waals surface area contributed by atoms with Crippen molar-refractivity contribution < 1.29 is 37.9 Å². The molecule has 4 atom stereocenters. The number of aromatic nitrogens is 4. The average Bonchev–Trinajstić information content (AvgIpc) is 3.79. The van der Waals surface area contributed by atoms with Crippen LogP contribution in [-0.4, -0.2) is 19.9 Å². The van der Waals surface area contributed by atoms with Crippen LogP contribution in [0.25, 0.3) is 0 Å². The summed E-state index contributed by atoms with van der Waals surface area (Å²) < 4.78 is 56.8. The minimum Gasteiger partial charge on any atom is -0.485 e. The van der Waals surface area contributed by atoms with Gasteiger partial charge in [0.2, 0.25) is 0 Å². The number of ether oxygens (including phenoxy) is 8. The summed E-state index contributed by atoms with van der Waals surface area (Å²) in [6.07, 6.45) is 14.3. The van der Waals surface area contributed by atoms with E-state index in [4.69, 9.17) is 37.9 Å². The van der Waals surface area contributed by atoms with Gasteiger partial charge >= 0.3 is 0 Å². The Hall–Kier alpha value is -8.12. The zero-order valence-corrected chi connectivity index (χ0v) is 40.6. The predicted octanol–water partition coefficient (Wildman–Crippen LogP) is 12.1. The summed E-state index contributed by atoms with van der Waals surface area (Å²) >= 11 is 0. The summed E-state index contributed by atoms with van der Waals surface area (Å²) in [4.78, 5) is 17.1. The van der Waals surface area contributed by atoms with Crippen LogP contribution >= 0.6 is 0 Å². The van der Waals surface area contributed by atoms with Gasteiger partial charge in [0.25, 0.3) is 0 Å². The van der Waals surface area contributed by atoms with Gasteiger partial charge in [0.15, 0.2) is 46.0 Å². The first kappa shape index (κ1) is 43.9. The third-order valence-electron chi connectivity index (χ3n) is 15.3. The van der Waals surface area contributed by atoms with E-state index >= 15 is 0 Å². The molecule has 0 N–H and O–H groups in total. The zero-order chi connectivity index (χ0) is 48.5. The molecular formula is C60H52N4O8. The van der Waals surface area contributed by atoms with E-state index in [0.29, 0.717) is 72.4 Å². The van der Waals surface area contributed by atoms with E-state index in [2.05, 4.69) is 71.9 Å². The van der Waals surface area contributed by atoms with E-state index in [1.807, 2.05) is 48.5 Å². The molecule has 8 heterocycles. The van der Waals surface area contributed by atoms with Crippen LogP contribution in [0, 0.1) is 0 Å². The van der Waals surface area contributed by atoms with Gasteiger partial charge in [-0.2, -0.15) is 0 Å². The highest BCUT2D eigenvalue weighted by Crippen LogP contribution is 2.59. The van der Waals surface area contributed by atoms with Crippen molar-refractivity contribution in [2.75, 3.05) is 0 Å². The van der Waals surface area contributed by atoms with E-state index < -0.39 is 0 Å². The summed E-state index contributed by atoms with van der Waals surface area (Å²) in [5.41, 5.74) is 16.1. The molecule has 5 aliphatic rings. The first-order valence-electron chi connectivity index (χ1n) is 24.7. The van der Waals surface area contributed by atoms with Crippen LogP contribution in [-0.2, 0) is 52.9 Å². The van der Waals surface area contributed by atoms with Crippen LogP contribution in [0.1, 0.15) is 140 Å². The summed E-state index contributed by atoms with van der Waals surface area (Å²) in [5.74, 6) is 4.72. The Morgan fingerprint density at radius 3 is 0.750 bits per heavy atom. The Morgan fingerprint density at radius 2 is 0.542 bits per heavy atom. The number of pyridine rings is 4. The minimum absolute atomic E-state index is 0.164. The Bertz CT molecular complexity index is 2820. The molecule has 0 fully saturated rings. The highest BCUT2D eigenvalue weighted by molar-refractivity contribution is 5.71. The molecule has 4 aliphatic heterocycles. The summed E-state index contributed by atoms with van der Waals surface area (Å²) in [6, 6.07) is 25.2. The van der Waals surface area contributed by atoms with E-state index in [-0.39, 0.29) is 50.1 Å². The van der Waals surface area contributed by atoms with Gasteiger partial charge in [-0.1, -0.05) is 52.0 Å². The Balaban J connectivity index is 1.08. The summed E-state index contributed by atoms with van der Waals surface area (Å²) in [6.45, 7) is 11.1. The van der Waals surface area contributed by atoms with Crippen molar-refractivity contribution in [1.29, 1.82) is 0 Å². The van der Waals surface area contributed by atoms with Crippen LogP contribution in [0.2, 0.25) is 0 Å². The van der Waals surface area contributed by atoms with E-state index in [0.717, 1.165) is 89.0 Å². The molecule has 0 amide bonds. The SMILES string of the molecule is CC1c2cc3c4c(OCc5ccncc5)c2COc2c1cc1c(c2OCc2ccncc2)COc2c(cc5c(c2OCc2ccncc2)COc2c(cc(c(c2OCc2ccncc2)CO4)C3C)C5C)C1C. The molecular weight excluding hydrogens is 905 g/mol. The molecule has 4 aromatic carbocycles. The number of benzene rings is 4. The monoisotopic (exact) mass is 956 g/mol. The second-order valence-corrected chi connectivity index (χ2v) is 19.4.